The van der Waals surface area contributed by atoms with Gasteiger partial charge in [-0.3, -0.25) is 0 Å². The zero-order chi connectivity index (χ0) is 15.1. The van der Waals surface area contributed by atoms with Crippen LogP contribution in [0.25, 0.3) is 0 Å². The molecule has 2 rings (SSSR count). The molecule has 0 bridgehead atoms. The largest absolute Gasteiger partial charge is 0.490 e. The van der Waals surface area contributed by atoms with Crippen molar-refractivity contribution in [2.75, 3.05) is 13.2 Å². The van der Waals surface area contributed by atoms with Crippen LogP contribution >= 0.6 is 0 Å². The van der Waals surface area contributed by atoms with E-state index in [0.29, 0.717) is 43.0 Å². The van der Waals surface area contributed by atoms with Gasteiger partial charge in [-0.05, 0) is 31.5 Å². The molecule has 2 N–H and O–H groups in total. The van der Waals surface area contributed by atoms with E-state index in [1.54, 1.807) is 12.1 Å². The molecule has 5 nitrogen and oxygen atoms in total. The van der Waals surface area contributed by atoms with Gasteiger partial charge in [-0.2, -0.15) is 4.98 Å². The third kappa shape index (κ3) is 4.10. The third-order valence-electron chi connectivity index (χ3n) is 2.75. The van der Waals surface area contributed by atoms with Gasteiger partial charge in [0.1, 0.15) is 0 Å². The molecule has 1 heterocycles. The summed E-state index contributed by atoms with van der Waals surface area (Å²) < 4.78 is 16.7. The minimum atomic E-state index is 0.457. The molecule has 21 heavy (non-hydrogen) atoms. The van der Waals surface area contributed by atoms with E-state index in [2.05, 4.69) is 4.98 Å². The molecule has 0 saturated carbocycles. The zero-order valence-corrected chi connectivity index (χ0v) is 12.3. The summed E-state index contributed by atoms with van der Waals surface area (Å²) in [6.45, 7) is 5.40. The van der Waals surface area contributed by atoms with E-state index in [0.717, 1.165) is 5.56 Å². The maximum absolute atomic E-state index is 5.79. The summed E-state index contributed by atoms with van der Waals surface area (Å²) in [7, 11) is 0. The summed E-state index contributed by atoms with van der Waals surface area (Å²) in [5.74, 6) is 2.26. The molecule has 1 aromatic heterocycles. The maximum Gasteiger partial charge on any atom is 0.222 e. The first-order valence-corrected chi connectivity index (χ1v) is 7.00. The van der Waals surface area contributed by atoms with E-state index in [-0.39, 0.29) is 0 Å². The Morgan fingerprint density at radius 1 is 0.952 bits per heavy atom. The second-order valence-corrected chi connectivity index (χ2v) is 4.27. The topological polar surface area (TPSA) is 66.6 Å². The van der Waals surface area contributed by atoms with Crippen LogP contribution < -0.4 is 19.9 Å². The Morgan fingerprint density at radius 3 is 2.43 bits per heavy atom. The van der Waals surface area contributed by atoms with Crippen molar-refractivity contribution in [3.63, 3.8) is 0 Å². The molecule has 0 aliphatic rings. The number of pyridine rings is 1. The molecule has 0 amide bonds. The lowest BCUT2D eigenvalue weighted by molar-refractivity contribution is 0.309. The van der Waals surface area contributed by atoms with Crippen LogP contribution in [0.4, 0.5) is 0 Å². The second-order valence-electron chi connectivity index (χ2n) is 4.27. The number of rotatable bonds is 7. The van der Waals surface area contributed by atoms with Crippen LogP contribution in [0.2, 0.25) is 0 Å². The van der Waals surface area contributed by atoms with Crippen molar-refractivity contribution in [1.29, 1.82) is 0 Å². The predicted molar refractivity (Wildman–Crippen MR) is 81.0 cm³/mol. The molecular formula is C16H20N2O3. The van der Waals surface area contributed by atoms with Crippen molar-refractivity contribution in [2.24, 2.45) is 5.73 Å². The molecule has 5 heteroatoms. The van der Waals surface area contributed by atoms with Gasteiger partial charge in [-0.25, -0.2) is 0 Å². The highest BCUT2D eigenvalue weighted by molar-refractivity contribution is 5.44. The maximum atomic E-state index is 5.79. The molecule has 0 aliphatic carbocycles. The van der Waals surface area contributed by atoms with Crippen LogP contribution in [0.5, 0.6) is 23.3 Å². The molecular weight excluding hydrogens is 268 g/mol. The molecule has 1 aromatic carbocycles. The number of nitrogens with two attached hydrogens (primary N) is 1. The van der Waals surface area contributed by atoms with Gasteiger partial charge >= 0.3 is 0 Å². The van der Waals surface area contributed by atoms with Crippen molar-refractivity contribution in [3.8, 4) is 23.3 Å². The highest BCUT2D eigenvalue weighted by Crippen LogP contribution is 2.32. The third-order valence-corrected chi connectivity index (χ3v) is 2.75. The first kappa shape index (κ1) is 15.1. The lowest BCUT2D eigenvalue weighted by Gasteiger charge is -2.12. The van der Waals surface area contributed by atoms with E-state index in [4.69, 9.17) is 19.9 Å². The van der Waals surface area contributed by atoms with Crippen molar-refractivity contribution in [1.82, 2.24) is 4.98 Å². The number of hydrogen-bond acceptors (Lipinski definition) is 5. The van der Waals surface area contributed by atoms with Crippen LogP contribution in [0.15, 0.2) is 36.4 Å². The van der Waals surface area contributed by atoms with Crippen LogP contribution in [-0.2, 0) is 6.54 Å². The number of hydrogen-bond donors (Lipinski definition) is 1. The van der Waals surface area contributed by atoms with Crippen molar-refractivity contribution in [3.05, 3.63) is 42.0 Å². The van der Waals surface area contributed by atoms with Gasteiger partial charge in [0.15, 0.2) is 11.5 Å². The lowest BCUT2D eigenvalue weighted by Crippen LogP contribution is -2.01. The molecule has 112 valence electrons. The van der Waals surface area contributed by atoms with Crippen LogP contribution in [0.1, 0.15) is 19.4 Å². The summed E-state index contributed by atoms with van der Waals surface area (Å²) in [5, 5.41) is 0. The van der Waals surface area contributed by atoms with E-state index in [9.17, 15) is 0 Å². The van der Waals surface area contributed by atoms with Crippen LogP contribution in [0.3, 0.4) is 0 Å². The van der Waals surface area contributed by atoms with Gasteiger partial charge < -0.3 is 19.9 Å². The molecule has 0 unspecified atom stereocenters. The monoisotopic (exact) mass is 288 g/mol. The molecule has 2 aromatic rings. The van der Waals surface area contributed by atoms with Crippen molar-refractivity contribution >= 4 is 0 Å². The fraction of sp³-hybridized carbons (Fsp3) is 0.312. The van der Waals surface area contributed by atoms with E-state index >= 15 is 0 Å². The summed E-state index contributed by atoms with van der Waals surface area (Å²) in [6, 6.07) is 11.0. The minimum Gasteiger partial charge on any atom is -0.490 e. The fourth-order valence-corrected chi connectivity index (χ4v) is 1.83. The number of aromatic nitrogens is 1. The van der Waals surface area contributed by atoms with Gasteiger partial charge in [-0.15, -0.1) is 0 Å². The average molecular weight is 288 g/mol. The highest BCUT2D eigenvalue weighted by Gasteiger charge is 2.09. The first-order valence-electron chi connectivity index (χ1n) is 7.00. The SMILES string of the molecule is CCOc1cccc(Oc2ccc(CN)cc2OCC)n1. The Kier molecular flexibility index (Phi) is 5.40. The molecule has 0 atom stereocenters. The van der Waals surface area contributed by atoms with E-state index in [1.165, 1.54) is 0 Å². The fourth-order valence-electron chi connectivity index (χ4n) is 1.83. The summed E-state index contributed by atoms with van der Waals surface area (Å²) in [6.07, 6.45) is 0. The van der Waals surface area contributed by atoms with Gasteiger partial charge in [0.05, 0.1) is 13.2 Å². The smallest absolute Gasteiger partial charge is 0.222 e. The standard InChI is InChI=1S/C16H20N2O3/c1-3-19-14-10-12(11-17)8-9-13(14)21-16-7-5-6-15(18-16)20-4-2/h5-10H,3-4,11,17H2,1-2H3. The zero-order valence-electron chi connectivity index (χ0n) is 12.3. The summed E-state index contributed by atoms with van der Waals surface area (Å²) in [4.78, 5) is 4.28. The van der Waals surface area contributed by atoms with Crippen molar-refractivity contribution in [2.45, 2.75) is 20.4 Å². The van der Waals surface area contributed by atoms with Gasteiger partial charge in [0.25, 0.3) is 0 Å². The molecule has 0 radical (unpaired) electrons. The molecule has 0 aliphatic heterocycles. The van der Waals surface area contributed by atoms with Gasteiger partial charge in [-0.1, -0.05) is 12.1 Å². The van der Waals surface area contributed by atoms with Crippen LogP contribution in [0, 0.1) is 0 Å². The minimum absolute atomic E-state index is 0.457. The number of nitrogens with zero attached hydrogens (tertiary/aromatic N) is 1. The van der Waals surface area contributed by atoms with Gasteiger partial charge in [0.2, 0.25) is 11.8 Å². The summed E-state index contributed by atoms with van der Waals surface area (Å²) in [5.41, 5.74) is 6.63. The molecule has 0 saturated heterocycles. The normalized spacial score (nSPS) is 10.2. The van der Waals surface area contributed by atoms with E-state index in [1.807, 2.05) is 38.1 Å². The Bertz CT molecular complexity index is 587. The Morgan fingerprint density at radius 2 is 1.71 bits per heavy atom. The predicted octanol–water partition coefficient (Wildman–Crippen LogP) is 3.13. The number of benzene rings is 1. The second kappa shape index (κ2) is 7.50. The average Bonchev–Trinajstić information content (AvgIpc) is 2.50. The number of ether oxygens (including phenoxy) is 3. The molecule has 0 fully saturated rings. The highest BCUT2D eigenvalue weighted by atomic mass is 16.5. The Balaban J connectivity index is 2.23. The first-order chi connectivity index (χ1) is 10.3. The quantitative estimate of drug-likeness (QED) is 0.847. The van der Waals surface area contributed by atoms with E-state index < -0.39 is 0 Å². The summed E-state index contributed by atoms with van der Waals surface area (Å²) >= 11 is 0. The Labute approximate surface area is 124 Å². The van der Waals surface area contributed by atoms with Gasteiger partial charge in [0, 0.05) is 18.7 Å². The van der Waals surface area contributed by atoms with Crippen LogP contribution in [-0.4, -0.2) is 18.2 Å². The molecule has 0 spiro atoms. The van der Waals surface area contributed by atoms with Crippen molar-refractivity contribution < 1.29 is 14.2 Å². The lowest BCUT2D eigenvalue weighted by atomic mass is 10.2. The Hall–Kier alpha value is -2.27.